The van der Waals surface area contributed by atoms with E-state index in [2.05, 4.69) is 22.1 Å². The molecule has 6 aromatic rings. The first-order valence-electron chi connectivity index (χ1n) is 15.4. The van der Waals surface area contributed by atoms with E-state index in [-0.39, 0.29) is 43.9 Å². The number of aliphatic hydroxyl groups is 2. The van der Waals surface area contributed by atoms with Gasteiger partial charge in [-0.2, -0.15) is 0 Å². The zero-order chi connectivity index (χ0) is 32.9. The van der Waals surface area contributed by atoms with Crippen molar-refractivity contribution in [2.24, 2.45) is 0 Å². The van der Waals surface area contributed by atoms with Gasteiger partial charge in [0, 0.05) is 43.6 Å². The van der Waals surface area contributed by atoms with E-state index in [0.717, 1.165) is 67.0 Å². The number of pyridine rings is 2. The van der Waals surface area contributed by atoms with Gasteiger partial charge in [-0.15, -0.1) is 47.5 Å². The molecule has 241 valence electrons. The van der Waals surface area contributed by atoms with Crippen LogP contribution < -0.4 is 0 Å². The minimum atomic E-state index is -0.375. The van der Waals surface area contributed by atoms with Crippen molar-refractivity contribution in [3.8, 4) is 44.8 Å². The number of fused-ring (bicyclic) bond motifs is 6. The minimum absolute atomic E-state index is 0. The van der Waals surface area contributed by atoms with Gasteiger partial charge in [0.25, 0.3) is 0 Å². The SMILES string of the molecule is CC(O)CC(C)O.O=C1c2cc(-c3ccccn3)[c-]cc2-c2ccccc21.O=C1c2cc(-c3ccccn3)[c-]cc2-c2ccccc21.[Ir]. The van der Waals surface area contributed by atoms with Crippen LogP contribution in [-0.2, 0) is 20.1 Å². The summed E-state index contributed by atoms with van der Waals surface area (Å²) in [6.45, 7) is 3.32. The fraction of sp³-hybridized carbons (Fsp3) is 0.122. The van der Waals surface area contributed by atoms with Crippen molar-refractivity contribution in [1.29, 1.82) is 0 Å². The number of benzene rings is 4. The Morgan fingerprint density at radius 3 is 1.25 bits per heavy atom. The van der Waals surface area contributed by atoms with E-state index in [1.807, 2.05) is 109 Å². The molecule has 0 fully saturated rings. The second-order valence-corrected chi connectivity index (χ2v) is 11.5. The molecule has 4 aromatic carbocycles. The van der Waals surface area contributed by atoms with Crippen molar-refractivity contribution in [2.75, 3.05) is 0 Å². The second-order valence-electron chi connectivity index (χ2n) is 11.5. The van der Waals surface area contributed by atoms with Gasteiger partial charge in [0.1, 0.15) is 0 Å². The van der Waals surface area contributed by atoms with Crippen LogP contribution in [0.3, 0.4) is 0 Å². The molecule has 8 rings (SSSR count). The molecule has 2 aromatic heterocycles. The van der Waals surface area contributed by atoms with Gasteiger partial charge in [0.15, 0.2) is 11.6 Å². The summed E-state index contributed by atoms with van der Waals surface area (Å²) in [5, 5.41) is 17.1. The Labute approximate surface area is 293 Å². The van der Waals surface area contributed by atoms with Crippen LogP contribution in [0.1, 0.15) is 52.1 Å². The fourth-order valence-corrected chi connectivity index (χ4v) is 5.76. The van der Waals surface area contributed by atoms with Crippen molar-refractivity contribution in [3.05, 3.63) is 156 Å². The standard InChI is InChI=1S/2C18H10NO.C5H12O2.Ir/c2*20-18-15-6-2-1-5-13(15)14-9-8-12(11-16(14)18)17-7-3-4-10-19-17;1-4(6)3-5(2)7;/h2*1-7,9-11H;4-7H,3H2,1-2H3;/q2*-1;;. The molecule has 0 saturated heterocycles. The Morgan fingerprint density at radius 2 is 0.917 bits per heavy atom. The minimum Gasteiger partial charge on any atom is -0.393 e. The van der Waals surface area contributed by atoms with Gasteiger partial charge in [-0.3, -0.25) is 9.59 Å². The zero-order valence-electron chi connectivity index (χ0n) is 26.3. The van der Waals surface area contributed by atoms with Crippen LogP contribution in [0.25, 0.3) is 44.8 Å². The van der Waals surface area contributed by atoms with E-state index in [1.165, 1.54) is 0 Å². The molecule has 0 aliphatic heterocycles. The smallest absolute Gasteiger partial charge is 0.175 e. The molecule has 0 amide bonds. The third kappa shape index (κ3) is 7.30. The molecule has 0 spiro atoms. The quantitative estimate of drug-likeness (QED) is 0.177. The van der Waals surface area contributed by atoms with Crippen molar-refractivity contribution in [1.82, 2.24) is 9.97 Å². The Kier molecular flexibility index (Phi) is 11.0. The third-order valence-electron chi connectivity index (χ3n) is 7.88. The van der Waals surface area contributed by atoms with Gasteiger partial charge in [-0.1, -0.05) is 95.1 Å². The largest absolute Gasteiger partial charge is 0.393 e. The molecular weight excluding hydrogens is 777 g/mol. The average molecular weight is 809 g/mol. The van der Waals surface area contributed by atoms with Crippen LogP contribution in [-0.4, -0.2) is 44.0 Å². The Balaban J connectivity index is 0.000000155. The summed E-state index contributed by atoms with van der Waals surface area (Å²) in [7, 11) is 0. The van der Waals surface area contributed by atoms with E-state index in [9.17, 15) is 9.59 Å². The van der Waals surface area contributed by atoms with E-state index < -0.39 is 0 Å². The Hall–Kier alpha value is -4.91. The predicted octanol–water partition coefficient (Wildman–Crippen LogP) is 7.66. The number of rotatable bonds is 4. The summed E-state index contributed by atoms with van der Waals surface area (Å²) in [5.74, 6) is 0.170. The molecule has 6 nitrogen and oxygen atoms in total. The summed E-state index contributed by atoms with van der Waals surface area (Å²) in [5.41, 5.74) is 10.3. The number of aliphatic hydroxyl groups excluding tert-OH is 2. The summed E-state index contributed by atoms with van der Waals surface area (Å²) < 4.78 is 0. The molecule has 48 heavy (non-hydrogen) atoms. The average Bonchev–Trinajstić information content (AvgIpc) is 3.55. The number of hydrogen-bond acceptors (Lipinski definition) is 6. The first kappa shape index (κ1) is 34.4. The number of carbonyl (C=O) groups excluding carboxylic acids is 2. The van der Waals surface area contributed by atoms with E-state index >= 15 is 0 Å². The van der Waals surface area contributed by atoms with Crippen molar-refractivity contribution >= 4 is 11.6 Å². The molecule has 0 saturated carbocycles. The van der Waals surface area contributed by atoms with Gasteiger partial charge in [-0.05, 0) is 54.9 Å². The van der Waals surface area contributed by atoms with Gasteiger partial charge >= 0.3 is 0 Å². The number of hydrogen-bond donors (Lipinski definition) is 2. The Bertz CT molecular complexity index is 1910. The number of ketones is 2. The molecule has 2 heterocycles. The first-order valence-corrected chi connectivity index (χ1v) is 15.4. The van der Waals surface area contributed by atoms with Gasteiger partial charge in [0.05, 0.1) is 12.2 Å². The number of carbonyl (C=O) groups is 2. The summed E-state index contributed by atoms with van der Waals surface area (Å²) >= 11 is 0. The normalized spacial score (nSPS) is 12.8. The number of aromatic nitrogens is 2. The maximum Gasteiger partial charge on any atom is 0.175 e. The molecule has 2 unspecified atom stereocenters. The molecule has 1 radical (unpaired) electrons. The predicted molar refractivity (Wildman–Crippen MR) is 183 cm³/mol. The maximum absolute atomic E-state index is 12.4. The summed E-state index contributed by atoms with van der Waals surface area (Å²) in [6.07, 6.45) is 3.21. The third-order valence-corrected chi connectivity index (χ3v) is 7.88. The van der Waals surface area contributed by atoms with Crippen molar-refractivity contribution in [2.45, 2.75) is 32.5 Å². The summed E-state index contributed by atoms with van der Waals surface area (Å²) in [4.78, 5) is 33.5. The van der Waals surface area contributed by atoms with Crippen LogP contribution in [0.2, 0.25) is 0 Å². The molecule has 7 heteroatoms. The van der Waals surface area contributed by atoms with E-state index in [0.29, 0.717) is 6.42 Å². The maximum atomic E-state index is 12.4. The van der Waals surface area contributed by atoms with Crippen LogP contribution in [0.5, 0.6) is 0 Å². The van der Waals surface area contributed by atoms with Crippen molar-refractivity contribution in [3.63, 3.8) is 0 Å². The van der Waals surface area contributed by atoms with Crippen molar-refractivity contribution < 1.29 is 39.9 Å². The first-order chi connectivity index (χ1) is 22.8. The molecule has 2 N–H and O–H groups in total. The molecular formula is C41H32IrN2O4-2. The van der Waals surface area contributed by atoms with Gasteiger partial charge < -0.3 is 20.2 Å². The fourth-order valence-electron chi connectivity index (χ4n) is 5.76. The topological polar surface area (TPSA) is 100 Å². The molecule has 2 aliphatic carbocycles. The van der Waals surface area contributed by atoms with Gasteiger partial charge in [0.2, 0.25) is 0 Å². The van der Waals surface area contributed by atoms with Crippen LogP contribution in [0, 0.1) is 12.1 Å². The van der Waals surface area contributed by atoms with Crippen LogP contribution in [0.4, 0.5) is 0 Å². The van der Waals surface area contributed by atoms with E-state index in [4.69, 9.17) is 10.2 Å². The van der Waals surface area contributed by atoms with Crippen LogP contribution >= 0.6 is 0 Å². The summed E-state index contributed by atoms with van der Waals surface area (Å²) in [6, 6.07) is 40.9. The molecule has 2 atom stereocenters. The van der Waals surface area contributed by atoms with E-state index in [1.54, 1.807) is 26.2 Å². The molecule has 0 bridgehead atoms. The zero-order valence-corrected chi connectivity index (χ0v) is 28.7. The van der Waals surface area contributed by atoms with Crippen LogP contribution in [0.15, 0.2) is 122 Å². The second kappa shape index (κ2) is 15.3. The monoisotopic (exact) mass is 809 g/mol. The molecule has 2 aliphatic rings. The van der Waals surface area contributed by atoms with Gasteiger partial charge in [-0.25, -0.2) is 0 Å². The number of nitrogens with zero attached hydrogens (tertiary/aromatic N) is 2. The Morgan fingerprint density at radius 1 is 0.542 bits per heavy atom.